The normalized spacial score (nSPS) is 11.3. The SMILES string of the molecule is CNC(=O)SCCC[Si](C)(F)F. The van der Waals surface area contributed by atoms with Crippen molar-refractivity contribution in [3.63, 3.8) is 0 Å². The number of thioether (sulfide) groups is 1. The van der Waals surface area contributed by atoms with Gasteiger partial charge in [-0.1, -0.05) is 11.8 Å². The maximum absolute atomic E-state index is 12.4. The molecule has 0 aromatic rings. The fraction of sp³-hybridized carbons (Fsp3) is 0.833. The highest BCUT2D eigenvalue weighted by Crippen LogP contribution is 2.17. The molecule has 0 bridgehead atoms. The second kappa shape index (κ2) is 5.53. The van der Waals surface area contributed by atoms with Crippen molar-refractivity contribution in [3.05, 3.63) is 0 Å². The number of rotatable bonds is 4. The monoisotopic (exact) mass is 213 g/mol. The molecule has 0 aliphatic rings. The first kappa shape index (κ1) is 11.9. The van der Waals surface area contributed by atoms with Crippen LogP contribution >= 0.6 is 11.8 Å². The van der Waals surface area contributed by atoms with Crippen LogP contribution in [0.1, 0.15) is 6.42 Å². The van der Waals surface area contributed by atoms with Crippen LogP contribution in [0.15, 0.2) is 0 Å². The standard InChI is InChI=1S/C6H13F2NOSSi/c1-9-6(10)11-4-3-5-12(2,7)8/h3-5H2,1-2H3,(H,9,10). The number of hydrogen-bond acceptors (Lipinski definition) is 2. The van der Waals surface area contributed by atoms with Gasteiger partial charge >= 0.3 is 8.74 Å². The molecule has 0 atom stereocenters. The van der Waals surface area contributed by atoms with Gasteiger partial charge in [0, 0.05) is 12.8 Å². The minimum atomic E-state index is -3.88. The molecule has 0 aliphatic carbocycles. The molecule has 0 saturated heterocycles. The number of hydrogen-bond donors (Lipinski definition) is 1. The minimum absolute atomic E-state index is 0.0169. The van der Waals surface area contributed by atoms with Crippen LogP contribution in [0.2, 0.25) is 12.6 Å². The maximum Gasteiger partial charge on any atom is 0.422 e. The van der Waals surface area contributed by atoms with Crippen molar-refractivity contribution in [2.24, 2.45) is 0 Å². The molecule has 0 aliphatic heterocycles. The summed E-state index contributed by atoms with van der Waals surface area (Å²) in [4.78, 5) is 10.6. The zero-order valence-electron chi connectivity index (χ0n) is 7.19. The van der Waals surface area contributed by atoms with Crippen molar-refractivity contribution in [1.29, 1.82) is 0 Å². The van der Waals surface area contributed by atoms with Crippen molar-refractivity contribution >= 4 is 25.7 Å². The highest BCUT2D eigenvalue weighted by atomic mass is 32.2. The molecule has 0 aromatic carbocycles. The molecule has 1 amide bonds. The van der Waals surface area contributed by atoms with E-state index in [1.807, 2.05) is 0 Å². The predicted molar refractivity (Wildman–Crippen MR) is 50.2 cm³/mol. The second-order valence-corrected chi connectivity index (χ2v) is 6.27. The van der Waals surface area contributed by atoms with Crippen LogP contribution in [-0.2, 0) is 0 Å². The molecule has 2 nitrogen and oxygen atoms in total. The molecule has 0 aromatic heterocycles. The van der Waals surface area contributed by atoms with Crippen LogP contribution in [0.5, 0.6) is 0 Å². The van der Waals surface area contributed by atoms with Crippen LogP contribution < -0.4 is 5.32 Å². The zero-order chi connectivity index (χ0) is 9.61. The topological polar surface area (TPSA) is 29.1 Å². The fourth-order valence-corrected chi connectivity index (χ4v) is 2.29. The van der Waals surface area contributed by atoms with E-state index >= 15 is 0 Å². The van der Waals surface area contributed by atoms with Gasteiger partial charge in [-0.25, -0.2) is 0 Å². The number of halogens is 2. The van der Waals surface area contributed by atoms with Gasteiger partial charge in [-0.3, -0.25) is 13.0 Å². The molecule has 0 spiro atoms. The van der Waals surface area contributed by atoms with E-state index in [-0.39, 0.29) is 11.3 Å². The van der Waals surface area contributed by atoms with Crippen LogP contribution in [0.3, 0.4) is 0 Å². The fourth-order valence-electron chi connectivity index (χ4n) is 0.620. The molecule has 0 unspecified atom stereocenters. The van der Waals surface area contributed by atoms with E-state index in [1.165, 1.54) is 7.05 Å². The van der Waals surface area contributed by atoms with Gasteiger partial charge in [0.25, 0.3) is 5.24 Å². The van der Waals surface area contributed by atoms with Crippen LogP contribution in [0.25, 0.3) is 0 Å². The van der Waals surface area contributed by atoms with E-state index in [9.17, 15) is 13.0 Å². The summed E-state index contributed by atoms with van der Waals surface area (Å²) in [6.07, 6.45) is 0.424. The molecule has 72 valence electrons. The Hall–Kier alpha value is -0.103. The lowest BCUT2D eigenvalue weighted by Crippen LogP contribution is -2.16. The van der Waals surface area contributed by atoms with E-state index in [0.717, 1.165) is 18.3 Å². The Kier molecular flexibility index (Phi) is 5.48. The van der Waals surface area contributed by atoms with Gasteiger partial charge in [-0.05, 0) is 19.0 Å². The maximum atomic E-state index is 12.4. The lowest BCUT2D eigenvalue weighted by molar-refractivity contribution is 0.262. The molecule has 0 fully saturated rings. The molecule has 0 heterocycles. The van der Waals surface area contributed by atoms with Crippen molar-refractivity contribution < 1.29 is 13.0 Å². The first-order valence-electron chi connectivity index (χ1n) is 3.68. The third kappa shape index (κ3) is 8.00. The Morgan fingerprint density at radius 3 is 2.58 bits per heavy atom. The first-order valence-corrected chi connectivity index (χ1v) is 7.13. The Bertz CT molecular complexity index is 151. The van der Waals surface area contributed by atoms with Crippen LogP contribution in [0.4, 0.5) is 13.0 Å². The van der Waals surface area contributed by atoms with E-state index in [1.54, 1.807) is 0 Å². The van der Waals surface area contributed by atoms with Gasteiger partial charge in [0.15, 0.2) is 0 Å². The summed E-state index contributed by atoms with van der Waals surface area (Å²) in [6.45, 7) is 1.03. The molecule has 6 heteroatoms. The van der Waals surface area contributed by atoms with E-state index in [4.69, 9.17) is 0 Å². The van der Waals surface area contributed by atoms with Crippen molar-refractivity contribution in [2.75, 3.05) is 12.8 Å². The Labute approximate surface area is 76.5 Å². The van der Waals surface area contributed by atoms with Crippen molar-refractivity contribution in [1.82, 2.24) is 5.32 Å². The molecular formula is C6H13F2NOSSi. The van der Waals surface area contributed by atoms with Crippen molar-refractivity contribution in [2.45, 2.75) is 19.0 Å². The third-order valence-electron chi connectivity index (χ3n) is 1.20. The summed E-state index contributed by atoms with van der Waals surface area (Å²) < 4.78 is 24.7. The Morgan fingerprint density at radius 2 is 2.17 bits per heavy atom. The lowest BCUT2D eigenvalue weighted by Gasteiger charge is -2.04. The van der Waals surface area contributed by atoms with Gasteiger partial charge in [0.1, 0.15) is 0 Å². The average molecular weight is 213 g/mol. The van der Waals surface area contributed by atoms with E-state index in [2.05, 4.69) is 5.32 Å². The largest absolute Gasteiger partial charge is 0.422 e. The summed E-state index contributed by atoms with van der Waals surface area (Å²) in [5.74, 6) is 0.482. The van der Waals surface area contributed by atoms with Gasteiger partial charge < -0.3 is 5.32 Å². The second-order valence-electron chi connectivity index (χ2n) is 2.56. The van der Waals surface area contributed by atoms with E-state index in [0.29, 0.717) is 12.2 Å². The quantitative estimate of drug-likeness (QED) is 0.441. The van der Waals surface area contributed by atoms with Gasteiger partial charge in [0.2, 0.25) is 0 Å². The van der Waals surface area contributed by atoms with E-state index < -0.39 is 8.74 Å². The zero-order valence-corrected chi connectivity index (χ0v) is 9.01. The summed E-state index contributed by atoms with van der Waals surface area (Å²) in [5, 5.41) is 2.25. The highest BCUT2D eigenvalue weighted by molar-refractivity contribution is 8.13. The minimum Gasteiger partial charge on any atom is -0.350 e. The number of nitrogens with one attached hydrogen (secondary N) is 1. The van der Waals surface area contributed by atoms with Crippen LogP contribution in [0, 0.1) is 0 Å². The smallest absolute Gasteiger partial charge is 0.350 e. The van der Waals surface area contributed by atoms with Crippen molar-refractivity contribution in [3.8, 4) is 0 Å². The third-order valence-corrected chi connectivity index (χ3v) is 3.39. The highest BCUT2D eigenvalue weighted by Gasteiger charge is 2.26. The number of carbonyl (C=O) groups is 1. The molecular weight excluding hydrogens is 200 g/mol. The first-order chi connectivity index (χ1) is 5.45. The van der Waals surface area contributed by atoms with Crippen LogP contribution in [-0.4, -0.2) is 26.8 Å². The number of amides is 1. The number of carbonyl (C=O) groups excluding carboxylic acids is 1. The summed E-state index contributed by atoms with van der Waals surface area (Å²) in [5.41, 5.74) is 0. The predicted octanol–water partition coefficient (Wildman–Crippen LogP) is 2.46. The average Bonchev–Trinajstić information content (AvgIpc) is 1.96. The molecule has 0 radical (unpaired) electrons. The molecule has 12 heavy (non-hydrogen) atoms. The Morgan fingerprint density at radius 1 is 1.58 bits per heavy atom. The molecule has 0 rings (SSSR count). The van der Waals surface area contributed by atoms with Gasteiger partial charge in [0.05, 0.1) is 0 Å². The Balaban J connectivity index is 3.28. The summed E-state index contributed by atoms with van der Waals surface area (Å²) in [7, 11) is -2.36. The lowest BCUT2D eigenvalue weighted by atomic mass is 10.6. The molecule has 1 N–H and O–H groups in total. The molecule has 0 saturated carbocycles. The summed E-state index contributed by atoms with van der Waals surface area (Å²) >= 11 is 1.06. The summed E-state index contributed by atoms with van der Waals surface area (Å²) in [6, 6.07) is -0.0169. The van der Waals surface area contributed by atoms with Gasteiger partial charge in [-0.15, -0.1) is 0 Å². The van der Waals surface area contributed by atoms with Gasteiger partial charge in [-0.2, -0.15) is 0 Å².